The molecule has 3 rings (SSSR count). The summed E-state index contributed by atoms with van der Waals surface area (Å²) < 4.78 is 0. The van der Waals surface area contributed by atoms with Crippen molar-refractivity contribution in [1.82, 2.24) is 4.90 Å². The van der Waals surface area contributed by atoms with Gasteiger partial charge in [0, 0.05) is 0 Å². The summed E-state index contributed by atoms with van der Waals surface area (Å²) in [6.45, 7) is 0. The summed E-state index contributed by atoms with van der Waals surface area (Å²) in [4.78, 5) is 38.2. The largest absolute Gasteiger partial charge is 0.481 e. The van der Waals surface area contributed by atoms with E-state index in [0.717, 1.165) is 44.9 Å². The first-order valence-corrected chi connectivity index (χ1v) is 8.15. The van der Waals surface area contributed by atoms with Crippen molar-refractivity contribution < 1.29 is 19.5 Å². The summed E-state index contributed by atoms with van der Waals surface area (Å²) in [5.41, 5.74) is -0.754. The molecule has 2 amide bonds. The van der Waals surface area contributed by atoms with Crippen LogP contribution < -0.4 is 0 Å². The molecule has 0 aromatic rings. The number of carboxylic acid groups (broad SMARTS) is 1. The Morgan fingerprint density at radius 2 is 1.52 bits per heavy atom. The van der Waals surface area contributed by atoms with Crippen LogP contribution in [0.5, 0.6) is 0 Å². The smallest absolute Gasteiger partial charge is 0.305 e. The highest BCUT2D eigenvalue weighted by molar-refractivity contribution is 6.06. The van der Waals surface area contributed by atoms with E-state index in [9.17, 15) is 19.5 Å². The lowest BCUT2D eigenvalue weighted by Gasteiger charge is -2.42. The summed E-state index contributed by atoms with van der Waals surface area (Å²) in [6, 6.07) is 0. The van der Waals surface area contributed by atoms with E-state index in [0.29, 0.717) is 12.8 Å². The molecule has 0 aromatic carbocycles. The number of carbonyl (C=O) groups excluding carboxylic acids is 2. The van der Waals surface area contributed by atoms with E-state index in [2.05, 4.69) is 0 Å². The van der Waals surface area contributed by atoms with Crippen LogP contribution >= 0.6 is 0 Å². The topological polar surface area (TPSA) is 74.7 Å². The Bertz CT molecular complexity index is 443. The van der Waals surface area contributed by atoms with Crippen LogP contribution in [-0.4, -0.2) is 33.3 Å². The van der Waals surface area contributed by atoms with Crippen LogP contribution in [0.4, 0.5) is 0 Å². The SMILES string of the molecule is O=C(O)CC1(N2C(=O)C3CCCCC3C2=O)CCCCC1. The number of carboxylic acids is 1. The number of aliphatic carboxylic acids is 1. The molecule has 2 aliphatic carbocycles. The molecule has 1 N–H and O–H groups in total. The maximum Gasteiger partial charge on any atom is 0.305 e. The van der Waals surface area contributed by atoms with Crippen LogP contribution in [0, 0.1) is 11.8 Å². The second-order valence-electron chi connectivity index (χ2n) is 6.86. The highest BCUT2D eigenvalue weighted by Crippen LogP contribution is 2.46. The number of hydrogen-bond donors (Lipinski definition) is 1. The molecule has 3 fully saturated rings. The zero-order valence-electron chi connectivity index (χ0n) is 12.3. The summed E-state index contributed by atoms with van der Waals surface area (Å²) in [5.74, 6) is -1.45. The van der Waals surface area contributed by atoms with Gasteiger partial charge in [-0.05, 0) is 25.7 Å². The van der Waals surface area contributed by atoms with Crippen molar-refractivity contribution in [3.63, 3.8) is 0 Å². The molecular weight excluding hydrogens is 270 g/mol. The average molecular weight is 293 g/mol. The van der Waals surface area contributed by atoms with Gasteiger partial charge in [-0.2, -0.15) is 0 Å². The number of nitrogens with zero attached hydrogens (tertiary/aromatic N) is 1. The van der Waals surface area contributed by atoms with Crippen molar-refractivity contribution in [3.8, 4) is 0 Å². The maximum absolute atomic E-state index is 12.7. The number of rotatable bonds is 3. The standard InChI is InChI=1S/C16H23NO4/c18-13(19)10-16(8-4-1-5-9-16)17-14(20)11-6-2-3-7-12(11)15(17)21/h11-12H,1-10H2,(H,18,19). The Morgan fingerprint density at radius 3 is 2.00 bits per heavy atom. The Morgan fingerprint density at radius 1 is 1.00 bits per heavy atom. The quantitative estimate of drug-likeness (QED) is 0.810. The van der Waals surface area contributed by atoms with Crippen molar-refractivity contribution in [2.24, 2.45) is 11.8 Å². The molecule has 2 unspecified atom stereocenters. The fraction of sp³-hybridized carbons (Fsp3) is 0.812. The van der Waals surface area contributed by atoms with Gasteiger partial charge in [0.15, 0.2) is 0 Å². The Hall–Kier alpha value is -1.39. The van der Waals surface area contributed by atoms with Crippen molar-refractivity contribution in [1.29, 1.82) is 0 Å². The lowest BCUT2D eigenvalue weighted by molar-refractivity contribution is -0.153. The number of hydrogen-bond acceptors (Lipinski definition) is 3. The molecule has 5 heteroatoms. The van der Waals surface area contributed by atoms with E-state index in [4.69, 9.17) is 0 Å². The molecule has 116 valence electrons. The molecule has 0 radical (unpaired) electrons. The van der Waals surface area contributed by atoms with Gasteiger partial charge in [0.1, 0.15) is 0 Å². The van der Waals surface area contributed by atoms with Gasteiger partial charge >= 0.3 is 5.97 Å². The molecule has 0 spiro atoms. The third-order valence-corrected chi connectivity index (χ3v) is 5.58. The second-order valence-corrected chi connectivity index (χ2v) is 6.86. The number of carbonyl (C=O) groups is 3. The first-order chi connectivity index (χ1) is 10.1. The van der Waals surface area contributed by atoms with Gasteiger partial charge in [0.2, 0.25) is 11.8 Å². The first kappa shape index (κ1) is 14.5. The minimum absolute atomic E-state index is 0.0900. The molecule has 21 heavy (non-hydrogen) atoms. The van der Waals surface area contributed by atoms with Gasteiger partial charge < -0.3 is 5.11 Å². The number of likely N-dealkylation sites (tertiary alicyclic amines) is 1. The Balaban J connectivity index is 1.93. The molecule has 2 saturated carbocycles. The summed E-state index contributed by atoms with van der Waals surface area (Å²) >= 11 is 0. The fourth-order valence-corrected chi connectivity index (χ4v) is 4.60. The average Bonchev–Trinajstić information content (AvgIpc) is 2.72. The van der Waals surface area contributed by atoms with Crippen LogP contribution in [0.15, 0.2) is 0 Å². The summed E-state index contributed by atoms with van der Waals surface area (Å²) in [7, 11) is 0. The van der Waals surface area contributed by atoms with E-state index in [1.54, 1.807) is 0 Å². The van der Waals surface area contributed by atoms with Crippen molar-refractivity contribution in [2.45, 2.75) is 69.7 Å². The van der Waals surface area contributed by atoms with E-state index in [1.807, 2.05) is 0 Å². The van der Waals surface area contributed by atoms with Gasteiger partial charge in [-0.25, -0.2) is 0 Å². The van der Waals surface area contributed by atoms with E-state index < -0.39 is 11.5 Å². The molecule has 1 aliphatic heterocycles. The highest BCUT2D eigenvalue weighted by Gasteiger charge is 2.56. The van der Waals surface area contributed by atoms with Crippen LogP contribution in [0.3, 0.4) is 0 Å². The maximum atomic E-state index is 12.7. The predicted octanol–water partition coefficient (Wildman–Crippen LogP) is 2.34. The molecular formula is C16H23NO4. The Labute approximate surface area is 124 Å². The number of fused-ring (bicyclic) bond motifs is 1. The van der Waals surface area contributed by atoms with Crippen molar-refractivity contribution in [2.75, 3.05) is 0 Å². The van der Waals surface area contributed by atoms with Gasteiger partial charge in [0.05, 0.1) is 23.8 Å². The van der Waals surface area contributed by atoms with Crippen molar-refractivity contribution >= 4 is 17.8 Å². The zero-order valence-corrected chi connectivity index (χ0v) is 12.3. The van der Waals surface area contributed by atoms with Crippen LogP contribution in [-0.2, 0) is 14.4 Å². The second kappa shape index (κ2) is 5.43. The first-order valence-electron chi connectivity index (χ1n) is 8.15. The van der Waals surface area contributed by atoms with Gasteiger partial charge in [-0.15, -0.1) is 0 Å². The third kappa shape index (κ3) is 2.36. The van der Waals surface area contributed by atoms with Crippen LogP contribution in [0.25, 0.3) is 0 Å². The predicted molar refractivity (Wildman–Crippen MR) is 75.4 cm³/mol. The molecule has 1 saturated heterocycles. The van der Waals surface area contributed by atoms with Crippen molar-refractivity contribution in [3.05, 3.63) is 0 Å². The highest BCUT2D eigenvalue weighted by atomic mass is 16.4. The Kier molecular flexibility index (Phi) is 3.76. The zero-order chi connectivity index (χ0) is 15.0. The number of imide groups is 1. The van der Waals surface area contributed by atoms with E-state index in [1.165, 1.54) is 4.90 Å². The van der Waals surface area contributed by atoms with Crippen LogP contribution in [0.2, 0.25) is 0 Å². The molecule has 1 heterocycles. The monoisotopic (exact) mass is 293 g/mol. The molecule has 5 nitrogen and oxygen atoms in total. The van der Waals surface area contributed by atoms with Gasteiger partial charge in [-0.1, -0.05) is 32.1 Å². The van der Waals surface area contributed by atoms with Gasteiger partial charge in [-0.3, -0.25) is 19.3 Å². The summed E-state index contributed by atoms with van der Waals surface area (Å²) in [6.07, 6.45) is 7.64. The fourth-order valence-electron chi connectivity index (χ4n) is 4.60. The normalized spacial score (nSPS) is 32.1. The van der Waals surface area contributed by atoms with Crippen LogP contribution in [0.1, 0.15) is 64.2 Å². The molecule has 0 bridgehead atoms. The lowest BCUT2D eigenvalue weighted by atomic mass is 9.78. The third-order valence-electron chi connectivity index (χ3n) is 5.58. The minimum atomic E-state index is -0.910. The molecule has 0 aromatic heterocycles. The van der Waals surface area contributed by atoms with E-state index >= 15 is 0 Å². The molecule has 2 atom stereocenters. The summed E-state index contributed by atoms with van der Waals surface area (Å²) in [5, 5.41) is 9.27. The van der Waals surface area contributed by atoms with Gasteiger partial charge in [0.25, 0.3) is 0 Å². The molecule has 3 aliphatic rings. The van der Waals surface area contributed by atoms with E-state index in [-0.39, 0.29) is 30.1 Å². The lowest BCUT2D eigenvalue weighted by Crippen LogP contribution is -2.54. The number of amides is 2. The minimum Gasteiger partial charge on any atom is -0.481 e.